The molecular formula is C18H27NO. The first kappa shape index (κ1) is 14.1. The zero-order valence-electron chi connectivity index (χ0n) is 12.4. The van der Waals surface area contributed by atoms with E-state index in [9.17, 15) is 0 Å². The number of likely N-dealkylation sites (tertiary alicyclic amines) is 1. The van der Waals surface area contributed by atoms with Gasteiger partial charge < -0.3 is 5.11 Å². The predicted molar refractivity (Wildman–Crippen MR) is 82.7 cm³/mol. The minimum absolute atomic E-state index is 0.361. The van der Waals surface area contributed by atoms with Crippen molar-refractivity contribution in [1.82, 2.24) is 4.90 Å². The van der Waals surface area contributed by atoms with E-state index in [-0.39, 0.29) is 0 Å². The summed E-state index contributed by atoms with van der Waals surface area (Å²) in [5.41, 5.74) is 1.46. The maximum atomic E-state index is 9.09. The van der Waals surface area contributed by atoms with Gasteiger partial charge in [-0.15, -0.1) is 0 Å². The van der Waals surface area contributed by atoms with Crippen LogP contribution in [0, 0.1) is 11.8 Å². The van der Waals surface area contributed by atoms with Crippen LogP contribution in [0.3, 0.4) is 0 Å². The number of nitrogens with zero attached hydrogens (tertiary/aromatic N) is 1. The Kier molecular flexibility index (Phi) is 4.74. The van der Waals surface area contributed by atoms with E-state index in [1.807, 2.05) is 0 Å². The molecule has 1 aliphatic heterocycles. The van der Waals surface area contributed by atoms with Gasteiger partial charge in [0.15, 0.2) is 0 Å². The quantitative estimate of drug-likeness (QED) is 0.861. The largest absolute Gasteiger partial charge is 0.396 e. The van der Waals surface area contributed by atoms with Crippen LogP contribution in [-0.4, -0.2) is 35.7 Å². The summed E-state index contributed by atoms with van der Waals surface area (Å²) in [4.78, 5) is 2.74. The van der Waals surface area contributed by atoms with E-state index in [4.69, 9.17) is 5.11 Å². The lowest BCUT2D eigenvalue weighted by Crippen LogP contribution is -2.35. The average Bonchev–Trinajstić information content (AvgIpc) is 2.68. The molecule has 110 valence electrons. The molecule has 0 aromatic heterocycles. The molecule has 1 saturated carbocycles. The second-order valence-electron chi connectivity index (χ2n) is 6.52. The predicted octanol–water partition coefficient (Wildman–Crippen LogP) is 3.10. The number of aliphatic hydroxyl groups is 1. The summed E-state index contributed by atoms with van der Waals surface area (Å²) in [6, 6.07) is 11.7. The molecule has 20 heavy (non-hydrogen) atoms. The molecular weight excluding hydrogens is 246 g/mol. The fraction of sp³-hybridized carbons (Fsp3) is 0.667. The van der Waals surface area contributed by atoms with E-state index in [1.54, 1.807) is 0 Å². The number of fused-ring (bicyclic) bond motifs is 2. The van der Waals surface area contributed by atoms with Gasteiger partial charge in [-0.3, -0.25) is 4.90 Å². The van der Waals surface area contributed by atoms with Gasteiger partial charge in [0.25, 0.3) is 0 Å². The van der Waals surface area contributed by atoms with Crippen molar-refractivity contribution >= 4 is 0 Å². The summed E-state index contributed by atoms with van der Waals surface area (Å²) in [5.74, 6) is 1.75. The average molecular weight is 273 g/mol. The van der Waals surface area contributed by atoms with Crippen LogP contribution in [0.25, 0.3) is 0 Å². The van der Waals surface area contributed by atoms with Crippen molar-refractivity contribution in [3.8, 4) is 0 Å². The van der Waals surface area contributed by atoms with Gasteiger partial charge in [0, 0.05) is 25.7 Å². The SMILES string of the molecule is OCCCC1C2CCCC1N(CCc1ccccc1)C2. The molecule has 2 aliphatic rings. The Hall–Kier alpha value is -0.860. The molecule has 1 heterocycles. The van der Waals surface area contributed by atoms with Crippen LogP contribution in [0.15, 0.2) is 30.3 Å². The Morgan fingerprint density at radius 1 is 1.15 bits per heavy atom. The normalized spacial score (nSPS) is 29.8. The van der Waals surface area contributed by atoms with Gasteiger partial charge >= 0.3 is 0 Å². The molecule has 1 N–H and O–H groups in total. The lowest BCUT2D eigenvalue weighted by Gasteiger charge is -2.32. The molecule has 3 unspecified atom stereocenters. The smallest absolute Gasteiger partial charge is 0.0431 e. The Morgan fingerprint density at radius 3 is 2.80 bits per heavy atom. The molecule has 1 aromatic rings. The third-order valence-corrected chi connectivity index (χ3v) is 5.34. The molecule has 2 fully saturated rings. The summed E-state index contributed by atoms with van der Waals surface area (Å²) in [7, 11) is 0. The Balaban J connectivity index is 1.57. The van der Waals surface area contributed by atoms with E-state index in [2.05, 4.69) is 35.2 Å². The molecule has 0 spiro atoms. The highest BCUT2D eigenvalue weighted by molar-refractivity contribution is 5.15. The monoisotopic (exact) mass is 273 g/mol. The first-order valence-electron chi connectivity index (χ1n) is 8.27. The molecule has 1 aliphatic carbocycles. The van der Waals surface area contributed by atoms with Crippen molar-refractivity contribution in [3.05, 3.63) is 35.9 Å². The first-order chi connectivity index (χ1) is 9.88. The van der Waals surface area contributed by atoms with Crippen molar-refractivity contribution < 1.29 is 5.11 Å². The van der Waals surface area contributed by atoms with Crippen molar-refractivity contribution in [2.24, 2.45) is 11.8 Å². The highest BCUT2D eigenvalue weighted by Crippen LogP contribution is 2.42. The van der Waals surface area contributed by atoms with Gasteiger partial charge in [0.1, 0.15) is 0 Å². The van der Waals surface area contributed by atoms with E-state index >= 15 is 0 Å². The highest BCUT2D eigenvalue weighted by Gasteiger charge is 2.42. The van der Waals surface area contributed by atoms with Crippen LogP contribution < -0.4 is 0 Å². The van der Waals surface area contributed by atoms with Gasteiger partial charge in [-0.25, -0.2) is 0 Å². The zero-order chi connectivity index (χ0) is 13.8. The molecule has 1 saturated heterocycles. The van der Waals surface area contributed by atoms with Crippen molar-refractivity contribution in [2.45, 2.75) is 44.6 Å². The molecule has 2 heteroatoms. The topological polar surface area (TPSA) is 23.5 Å². The number of hydrogen-bond donors (Lipinski definition) is 1. The fourth-order valence-corrected chi connectivity index (χ4v) is 4.38. The minimum atomic E-state index is 0.361. The Labute approximate surface area is 122 Å². The molecule has 0 amide bonds. The number of hydrogen-bond acceptors (Lipinski definition) is 2. The Bertz CT molecular complexity index is 405. The van der Waals surface area contributed by atoms with Crippen molar-refractivity contribution in [3.63, 3.8) is 0 Å². The van der Waals surface area contributed by atoms with Gasteiger partial charge in [-0.1, -0.05) is 36.8 Å². The molecule has 3 atom stereocenters. The maximum absolute atomic E-state index is 9.09. The van der Waals surface area contributed by atoms with Crippen molar-refractivity contribution in [2.75, 3.05) is 19.7 Å². The van der Waals surface area contributed by atoms with E-state index in [0.29, 0.717) is 6.61 Å². The van der Waals surface area contributed by atoms with E-state index in [0.717, 1.165) is 24.3 Å². The van der Waals surface area contributed by atoms with Gasteiger partial charge in [-0.05, 0) is 49.5 Å². The molecule has 2 nitrogen and oxygen atoms in total. The van der Waals surface area contributed by atoms with Crippen molar-refractivity contribution in [1.29, 1.82) is 0 Å². The van der Waals surface area contributed by atoms with Crippen LogP contribution in [-0.2, 0) is 6.42 Å². The fourth-order valence-electron chi connectivity index (χ4n) is 4.38. The van der Waals surface area contributed by atoms with Crippen LogP contribution in [0.1, 0.15) is 37.7 Å². The number of benzene rings is 1. The molecule has 1 aromatic carbocycles. The zero-order valence-corrected chi connectivity index (χ0v) is 12.4. The van der Waals surface area contributed by atoms with E-state index in [1.165, 1.54) is 50.8 Å². The summed E-state index contributed by atoms with van der Waals surface area (Å²) in [6.07, 6.45) is 7.59. The van der Waals surface area contributed by atoms with Crippen LogP contribution in [0.4, 0.5) is 0 Å². The lowest BCUT2D eigenvalue weighted by atomic mass is 9.77. The molecule has 3 rings (SSSR count). The highest BCUT2D eigenvalue weighted by atomic mass is 16.2. The lowest BCUT2D eigenvalue weighted by molar-refractivity contribution is 0.177. The number of aliphatic hydroxyl groups excluding tert-OH is 1. The standard InChI is InChI=1S/C18H27NO/c20-13-5-9-17-16-8-4-10-18(17)19(14-16)12-11-15-6-2-1-3-7-15/h1-3,6-7,16-18,20H,4-5,8-14H2. The van der Waals surface area contributed by atoms with Crippen LogP contribution in [0.5, 0.6) is 0 Å². The summed E-state index contributed by atoms with van der Waals surface area (Å²) in [6.45, 7) is 2.87. The molecule has 2 bridgehead atoms. The van der Waals surface area contributed by atoms with E-state index < -0.39 is 0 Å². The summed E-state index contributed by atoms with van der Waals surface area (Å²) >= 11 is 0. The second kappa shape index (κ2) is 6.73. The summed E-state index contributed by atoms with van der Waals surface area (Å²) < 4.78 is 0. The second-order valence-corrected chi connectivity index (χ2v) is 6.52. The third-order valence-electron chi connectivity index (χ3n) is 5.34. The third kappa shape index (κ3) is 3.07. The number of rotatable bonds is 6. The maximum Gasteiger partial charge on any atom is 0.0431 e. The van der Waals surface area contributed by atoms with Gasteiger partial charge in [0.2, 0.25) is 0 Å². The van der Waals surface area contributed by atoms with Gasteiger partial charge in [-0.2, -0.15) is 0 Å². The molecule has 0 radical (unpaired) electrons. The first-order valence-corrected chi connectivity index (χ1v) is 8.27. The Morgan fingerprint density at radius 2 is 2.00 bits per heavy atom. The minimum Gasteiger partial charge on any atom is -0.396 e. The van der Waals surface area contributed by atoms with Gasteiger partial charge in [0.05, 0.1) is 0 Å². The summed E-state index contributed by atoms with van der Waals surface area (Å²) in [5, 5.41) is 9.09. The van der Waals surface area contributed by atoms with Crippen LogP contribution >= 0.6 is 0 Å². The van der Waals surface area contributed by atoms with Crippen LogP contribution in [0.2, 0.25) is 0 Å².